The number of para-hydroxylation sites is 1. The third-order valence-corrected chi connectivity index (χ3v) is 6.48. The van der Waals surface area contributed by atoms with E-state index in [1.54, 1.807) is 48.5 Å². The van der Waals surface area contributed by atoms with E-state index in [0.29, 0.717) is 33.7 Å². The van der Waals surface area contributed by atoms with Crippen LogP contribution < -0.4 is 10.1 Å². The Morgan fingerprint density at radius 2 is 1.69 bits per heavy atom. The van der Waals surface area contributed by atoms with Crippen molar-refractivity contribution < 1.29 is 19.1 Å². The van der Waals surface area contributed by atoms with Crippen LogP contribution in [0.4, 0.5) is 5.69 Å². The number of carbonyl (C=O) groups excluding carboxylic acids is 2. The highest BCUT2D eigenvalue weighted by Crippen LogP contribution is 2.32. The average molecular weight is 501 g/mol. The summed E-state index contributed by atoms with van der Waals surface area (Å²) in [7, 11) is 0. The quantitative estimate of drug-likeness (QED) is 0.302. The van der Waals surface area contributed by atoms with Crippen LogP contribution in [0.15, 0.2) is 72.8 Å². The largest absolute Gasteiger partial charge is 0.457 e. The molecule has 5 rings (SSSR count). The van der Waals surface area contributed by atoms with Gasteiger partial charge in [-0.2, -0.15) is 0 Å². The molecule has 1 unspecified atom stereocenters. The zero-order valence-corrected chi connectivity index (χ0v) is 20.5. The zero-order valence-electron chi connectivity index (χ0n) is 19.8. The van der Waals surface area contributed by atoms with Gasteiger partial charge in [0, 0.05) is 21.8 Å². The van der Waals surface area contributed by atoms with Crippen molar-refractivity contribution in [2.45, 2.75) is 26.2 Å². The van der Waals surface area contributed by atoms with Gasteiger partial charge in [-0.15, -0.1) is 0 Å². The molecule has 1 amide bonds. The molecule has 1 aliphatic rings. The molecule has 1 heterocycles. The van der Waals surface area contributed by atoms with Crippen LogP contribution in [0.5, 0.6) is 11.5 Å². The number of benzene rings is 3. The molecule has 0 fully saturated rings. The number of nitrogens with one attached hydrogen (secondary N) is 1. The van der Waals surface area contributed by atoms with E-state index in [-0.39, 0.29) is 6.61 Å². The molecule has 7 heteroatoms. The number of hydrogen-bond acceptors (Lipinski definition) is 5. The van der Waals surface area contributed by atoms with Crippen molar-refractivity contribution in [1.29, 1.82) is 0 Å². The van der Waals surface area contributed by atoms with Crippen LogP contribution in [0.25, 0.3) is 10.9 Å². The molecule has 0 spiro atoms. The molecule has 1 N–H and O–H groups in total. The van der Waals surface area contributed by atoms with E-state index in [0.717, 1.165) is 41.4 Å². The number of fused-ring (bicyclic) bond motifs is 2. The zero-order chi connectivity index (χ0) is 25.1. The van der Waals surface area contributed by atoms with Gasteiger partial charge in [-0.3, -0.25) is 9.78 Å². The smallest absolute Gasteiger partial charge is 0.339 e. The number of aromatic nitrogens is 1. The van der Waals surface area contributed by atoms with E-state index in [2.05, 4.69) is 12.2 Å². The molecule has 4 aromatic rings. The lowest BCUT2D eigenvalue weighted by molar-refractivity contribution is -0.119. The number of anilines is 1. The molecule has 1 atom stereocenters. The number of halogens is 1. The van der Waals surface area contributed by atoms with Crippen molar-refractivity contribution in [2.75, 3.05) is 11.9 Å². The molecule has 6 nitrogen and oxygen atoms in total. The number of hydrogen-bond donors (Lipinski definition) is 1. The molecule has 3 aromatic carbocycles. The first kappa shape index (κ1) is 23.8. The lowest BCUT2D eigenvalue weighted by Crippen LogP contribution is -2.23. The second-order valence-electron chi connectivity index (χ2n) is 8.98. The van der Waals surface area contributed by atoms with Crippen LogP contribution >= 0.6 is 11.6 Å². The number of nitrogens with zero attached hydrogens (tertiary/aromatic N) is 1. The summed E-state index contributed by atoms with van der Waals surface area (Å²) in [5.74, 6) is 0.812. The predicted octanol–water partition coefficient (Wildman–Crippen LogP) is 6.60. The molecule has 0 saturated heterocycles. The van der Waals surface area contributed by atoms with Crippen molar-refractivity contribution in [3.05, 3.63) is 94.6 Å². The highest BCUT2D eigenvalue weighted by molar-refractivity contribution is 6.30. The van der Waals surface area contributed by atoms with Crippen LogP contribution in [-0.4, -0.2) is 23.5 Å². The topological polar surface area (TPSA) is 77.5 Å². The summed E-state index contributed by atoms with van der Waals surface area (Å²) in [6.45, 7) is 1.79. The number of pyridine rings is 1. The Morgan fingerprint density at radius 1 is 1.00 bits per heavy atom. The van der Waals surface area contributed by atoms with Crippen LogP contribution in [0.3, 0.4) is 0 Å². The maximum atomic E-state index is 13.2. The Labute approximate surface area is 214 Å². The number of amides is 1. The van der Waals surface area contributed by atoms with Crippen molar-refractivity contribution in [3.63, 3.8) is 0 Å². The van der Waals surface area contributed by atoms with Gasteiger partial charge in [0.1, 0.15) is 11.5 Å². The van der Waals surface area contributed by atoms with Gasteiger partial charge in [-0.1, -0.05) is 36.7 Å². The fourth-order valence-electron chi connectivity index (χ4n) is 4.44. The van der Waals surface area contributed by atoms with Crippen molar-refractivity contribution in [2.24, 2.45) is 5.92 Å². The molecular formula is C29H25ClN2O4. The Morgan fingerprint density at radius 3 is 2.44 bits per heavy atom. The van der Waals surface area contributed by atoms with Crippen molar-refractivity contribution in [1.82, 2.24) is 4.98 Å². The molecule has 0 bridgehead atoms. The minimum Gasteiger partial charge on any atom is -0.457 e. The molecule has 36 heavy (non-hydrogen) atoms. The van der Waals surface area contributed by atoms with Gasteiger partial charge in [-0.25, -0.2) is 4.79 Å². The third kappa shape index (κ3) is 5.34. The van der Waals surface area contributed by atoms with E-state index < -0.39 is 11.9 Å². The fourth-order valence-corrected chi connectivity index (χ4v) is 4.57. The van der Waals surface area contributed by atoms with Gasteiger partial charge in [0.05, 0.1) is 11.1 Å². The summed E-state index contributed by atoms with van der Waals surface area (Å²) in [4.78, 5) is 30.5. The highest BCUT2D eigenvalue weighted by Gasteiger charge is 2.26. The normalized spacial score (nSPS) is 14.7. The summed E-state index contributed by atoms with van der Waals surface area (Å²) in [6.07, 6.45) is 2.65. The number of esters is 1. The van der Waals surface area contributed by atoms with E-state index in [1.165, 1.54) is 0 Å². The monoisotopic (exact) mass is 500 g/mol. The van der Waals surface area contributed by atoms with Crippen LogP contribution in [-0.2, 0) is 22.4 Å². The van der Waals surface area contributed by atoms with Crippen molar-refractivity contribution >= 4 is 40.1 Å². The molecule has 1 aromatic heterocycles. The third-order valence-electron chi connectivity index (χ3n) is 6.23. The second-order valence-corrected chi connectivity index (χ2v) is 9.42. The Balaban J connectivity index is 1.24. The lowest BCUT2D eigenvalue weighted by Gasteiger charge is -2.24. The molecular weight excluding hydrogens is 476 g/mol. The summed E-state index contributed by atoms with van der Waals surface area (Å²) in [5.41, 5.74) is 3.75. The first-order valence-electron chi connectivity index (χ1n) is 11.9. The molecule has 0 aliphatic heterocycles. The predicted molar refractivity (Wildman–Crippen MR) is 140 cm³/mol. The Hall–Kier alpha value is -3.90. The second kappa shape index (κ2) is 10.4. The van der Waals surface area contributed by atoms with E-state index >= 15 is 0 Å². The van der Waals surface area contributed by atoms with Gasteiger partial charge >= 0.3 is 5.97 Å². The highest BCUT2D eigenvalue weighted by atomic mass is 35.5. The van der Waals surface area contributed by atoms with Gasteiger partial charge in [0.2, 0.25) is 0 Å². The maximum absolute atomic E-state index is 13.2. The van der Waals surface area contributed by atoms with Crippen molar-refractivity contribution in [3.8, 4) is 11.5 Å². The average Bonchev–Trinajstić information content (AvgIpc) is 2.88. The van der Waals surface area contributed by atoms with Crippen LogP contribution in [0, 0.1) is 5.92 Å². The standard InChI is InChI=1S/C29H25ClN2O4/c1-18-6-15-26-24(16-18)28(23-4-2-3-5-25(23)32-26)29(34)35-17-27(33)31-20-9-13-22(14-10-20)36-21-11-7-19(30)8-12-21/h2-5,7-14,18H,6,15-17H2,1H3,(H,31,33). The minimum absolute atomic E-state index is 0.386. The first-order valence-corrected chi connectivity index (χ1v) is 12.2. The first-order chi connectivity index (χ1) is 17.5. The number of carbonyl (C=O) groups is 2. The molecule has 0 radical (unpaired) electrons. The van der Waals surface area contributed by atoms with E-state index in [4.69, 9.17) is 26.1 Å². The fraction of sp³-hybridized carbons (Fsp3) is 0.207. The maximum Gasteiger partial charge on any atom is 0.339 e. The number of rotatable bonds is 6. The van der Waals surface area contributed by atoms with Gasteiger partial charge < -0.3 is 14.8 Å². The molecule has 0 saturated carbocycles. The number of aryl methyl sites for hydroxylation is 1. The Kier molecular flexibility index (Phi) is 6.87. The molecule has 182 valence electrons. The van der Waals surface area contributed by atoms with Gasteiger partial charge in [0.15, 0.2) is 6.61 Å². The lowest BCUT2D eigenvalue weighted by atomic mass is 9.84. The van der Waals surface area contributed by atoms with E-state index in [1.807, 2.05) is 24.3 Å². The van der Waals surface area contributed by atoms with Crippen LogP contribution in [0.1, 0.15) is 35.0 Å². The molecule has 1 aliphatic carbocycles. The van der Waals surface area contributed by atoms with Crippen LogP contribution in [0.2, 0.25) is 5.02 Å². The summed E-state index contributed by atoms with van der Waals surface area (Å²) < 4.78 is 11.2. The van der Waals surface area contributed by atoms with Gasteiger partial charge in [-0.05, 0) is 85.3 Å². The summed E-state index contributed by atoms with van der Waals surface area (Å²) in [6, 6.07) is 21.5. The van der Waals surface area contributed by atoms with E-state index in [9.17, 15) is 9.59 Å². The van der Waals surface area contributed by atoms with Gasteiger partial charge in [0.25, 0.3) is 5.91 Å². The number of ether oxygens (including phenoxy) is 2. The Bertz CT molecular complexity index is 1420. The summed E-state index contributed by atoms with van der Waals surface area (Å²) >= 11 is 5.90. The SMILES string of the molecule is CC1CCc2nc3ccccc3c(C(=O)OCC(=O)Nc3ccc(Oc4ccc(Cl)cc4)cc3)c2C1. The minimum atomic E-state index is -0.499. The summed E-state index contributed by atoms with van der Waals surface area (Å²) in [5, 5.41) is 4.14.